The van der Waals surface area contributed by atoms with Gasteiger partial charge in [-0.25, -0.2) is 0 Å². The highest BCUT2D eigenvalue weighted by molar-refractivity contribution is 8.26. The molecule has 1 N–H and O–H groups in total. The number of aryl methyl sites for hydroxylation is 1. The van der Waals surface area contributed by atoms with Gasteiger partial charge < -0.3 is 24.1 Å². The molecule has 4 bridgehead atoms. The van der Waals surface area contributed by atoms with Gasteiger partial charge >= 0.3 is 0 Å². The number of amides is 1. The molecule has 43 heavy (non-hydrogen) atoms. The van der Waals surface area contributed by atoms with Crippen molar-refractivity contribution >= 4 is 52.7 Å². The van der Waals surface area contributed by atoms with Crippen LogP contribution in [-0.2, 0) is 11.2 Å². The fraction of sp³-hybridized carbons (Fsp3) is 0.576. The van der Waals surface area contributed by atoms with Gasteiger partial charge in [0.15, 0.2) is 0 Å². The number of thiocarbonyl (C=S) groups is 1. The monoisotopic (exact) mass is 643 g/mol. The predicted molar refractivity (Wildman–Crippen MR) is 178 cm³/mol. The maximum atomic E-state index is 14.0. The van der Waals surface area contributed by atoms with E-state index in [4.69, 9.17) is 26.1 Å². The topological polar surface area (TPSA) is 67.2 Å². The zero-order valence-corrected chi connectivity index (χ0v) is 27.5. The molecule has 1 aromatic heterocycles. The zero-order valence-electron chi connectivity index (χ0n) is 25.0. The van der Waals surface area contributed by atoms with Gasteiger partial charge in [0.1, 0.15) is 27.3 Å². The van der Waals surface area contributed by atoms with Crippen LogP contribution < -0.4 is 14.8 Å². The van der Waals surface area contributed by atoms with Gasteiger partial charge in [0, 0.05) is 49.9 Å². The Morgan fingerprint density at radius 2 is 1.65 bits per heavy atom. The summed E-state index contributed by atoms with van der Waals surface area (Å²) in [5.41, 5.74) is 2.00. The number of piperazine rings is 1. The lowest BCUT2D eigenvalue weighted by molar-refractivity contribution is -0.130. The quantitative estimate of drug-likeness (QED) is 0.254. The number of nitrogens with zero attached hydrogens (tertiary/aromatic N) is 2. The van der Waals surface area contributed by atoms with Crippen molar-refractivity contribution in [2.24, 2.45) is 23.7 Å². The highest BCUT2D eigenvalue weighted by Crippen LogP contribution is 2.56. The number of furan rings is 1. The molecule has 232 valence electrons. The highest BCUT2D eigenvalue weighted by atomic mass is 35.5. The molecule has 0 radical (unpaired) electrons. The van der Waals surface area contributed by atoms with Crippen molar-refractivity contribution < 1.29 is 18.7 Å². The lowest BCUT2D eigenvalue weighted by Crippen LogP contribution is -2.57. The van der Waals surface area contributed by atoms with Gasteiger partial charge in [-0.2, -0.15) is 0 Å². The van der Waals surface area contributed by atoms with Crippen LogP contribution in [0.1, 0.15) is 49.8 Å². The summed E-state index contributed by atoms with van der Waals surface area (Å²) in [5, 5.41) is 3.43. The summed E-state index contributed by atoms with van der Waals surface area (Å²) in [6, 6.07) is 8.17. The fourth-order valence-corrected chi connectivity index (χ4v) is 9.77. The summed E-state index contributed by atoms with van der Waals surface area (Å²) < 4.78 is 18.3. The molecular weight excluding hydrogens is 602 g/mol. The third-order valence-electron chi connectivity index (χ3n) is 10.2. The Bertz CT molecular complexity index is 1340. The van der Waals surface area contributed by atoms with Crippen LogP contribution in [0.25, 0.3) is 17.4 Å². The summed E-state index contributed by atoms with van der Waals surface area (Å²) in [7, 11) is 3.30. The first-order chi connectivity index (χ1) is 20.5. The van der Waals surface area contributed by atoms with Gasteiger partial charge in [-0.3, -0.25) is 9.69 Å². The van der Waals surface area contributed by atoms with Crippen LogP contribution in [0.4, 0.5) is 0 Å². The maximum Gasteiger partial charge on any atom is 0.266 e. The molecule has 0 spiro atoms. The van der Waals surface area contributed by atoms with Crippen molar-refractivity contribution in [2.75, 3.05) is 46.9 Å². The highest BCUT2D eigenvalue weighted by Gasteiger charge is 2.53. The Kier molecular flexibility index (Phi) is 9.46. The van der Waals surface area contributed by atoms with Crippen LogP contribution in [0.15, 0.2) is 33.6 Å². The van der Waals surface area contributed by atoms with Gasteiger partial charge in [-0.15, -0.1) is 12.4 Å². The standard InChI is InChI=1S/C33H41N3O4S2.ClH/c1-38-26-15-23(16-27(18-26)39-2)28-17-22(4-3-7-35-8-5-34-6-9-35)29(40-28)19-30-32(37)36(33(41)42-30)31-24-11-20-10-21(13-24)14-25(31)12-20;/h15-21,24-25,31,34H,3-14H2,1-2H3;1H/b30-19-;. The molecule has 2 saturated heterocycles. The molecule has 2 aromatic rings. The number of methoxy groups -OCH3 is 2. The molecule has 6 aliphatic rings. The van der Waals surface area contributed by atoms with Crippen molar-refractivity contribution in [3.05, 3.63) is 40.5 Å². The SMILES string of the molecule is COc1cc(OC)cc(-c2cc(CCCN3CCNCC3)c(/C=C3\SC(=S)N(C4C5CC6CC(C5)CC4C6)C3=O)o2)c1.Cl. The van der Waals surface area contributed by atoms with E-state index < -0.39 is 0 Å². The van der Waals surface area contributed by atoms with E-state index in [-0.39, 0.29) is 24.4 Å². The molecule has 2 aliphatic heterocycles. The third kappa shape index (κ3) is 6.25. The van der Waals surface area contributed by atoms with E-state index >= 15 is 0 Å². The van der Waals surface area contributed by atoms with Crippen molar-refractivity contribution in [2.45, 2.75) is 51.0 Å². The number of carbonyl (C=O) groups is 1. The Labute approximate surface area is 270 Å². The number of rotatable bonds is 9. The smallest absolute Gasteiger partial charge is 0.266 e. The van der Waals surface area contributed by atoms with Crippen LogP contribution in [0, 0.1) is 23.7 Å². The number of nitrogens with one attached hydrogen (secondary N) is 1. The molecule has 3 heterocycles. The van der Waals surface area contributed by atoms with Gasteiger partial charge in [-0.1, -0.05) is 24.0 Å². The summed E-state index contributed by atoms with van der Waals surface area (Å²) in [4.78, 5) is 19.2. The predicted octanol–water partition coefficient (Wildman–Crippen LogP) is 6.25. The molecule has 8 rings (SSSR count). The normalized spacial score (nSPS) is 29.4. The second-order valence-corrected chi connectivity index (χ2v) is 14.4. The maximum absolute atomic E-state index is 14.0. The summed E-state index contributed by atoms with van der Waals surface area (Å²) in [6.07, 6.45) is 10.3. The van der Waals surface area contributed by atoms with Crippen molar-refractivity contribution in [1.29, 1.82) is 0 Å². The fourth-order valence-electron chi connectivity index (χ4n) is 8.45. The van der Waals surface area contributed by atoms with Crippen molar-refractivity contribution in [3.8, 4) is 22.8 Å². The van der Waals surface area contributed by atoms with Crippen LogP contribution >= 0.6 is 36.4 Å². The largest absolute Gasteiger partial charge is 0.497 e. The van der Waals surface area contributed by atoms with Gasteiger partial charge in [0.25, 0.3) is 5.91 Å². The molecule has 4 aliphatic carbocycles. The Hall–Kier alpha value is -2.04. The Balaban J connectivity index is 0.00000329. The molecule has 1 amide bonds. The number of hydrogen-bond acceptors (Lipinski definition) is 8. The van der Waals surface area contributed by atoms with Gasteiger partial charge in [0.2, 0.25) is 0 Å². The summed E-state index contributed by atoms with van der Waals surface area (Å²) in [6.45, 7) is 5.30. The van der Waals surface area contributed by atoms with Gasteiger partial charge in [0.05, 0.1) is 19.1 Å². The number of thioether (sulfide) groups is 1. The minimum atomic E-state index is 0. The van der Waals surface area contributed by atoms with Crippen LogP contribution in [0.2, 0.25) is 0 Å². The number of hydrogen-bond donors (Lipinski definition) is 1. The molecule has 10 heteroatoms. The van der Waals surface area contributed by atoms with E-state index in [9.17, 15) is 4.79 Å². The van der Waals surface area contributed by atoms with Gasteiger partial charge in [-0.05, 0) is 98.9 Å². The first-order valence-electron chi connectivity index (χ1n) is 15.6. The first-order valence-corrected chi connectivity index (χ1v) is 16.8. The average Bonchev–Trinajstić information content (AvgIpc) is 3.52. The Morgan fingerprint density at radius 3 is 2.28 bits per heavy atom. The molecule has 6 fully saturated rings. The van der Waals surface area contributed by atoms with E-state index in [0.29, 0.717) is 32.6 Å². The van der Waals surface area contributed by atoms with E-state index in [2.05, 4.69) is 16.3 Å². The molecule has 0 unspecified atom stereocenters. The summed E-state index contributed by atoms with van der Waals surface area (Å²) in [5.74, 6) is 5.89. The average molecular weight is 644 g/mol. The Morgan fingerprint density at radius 1 is 1.00 bits per heavy atom. The molecule has 1 aromatic carbocycles. The van der Waals surface area contributed by atoms with Crippen LogP contribution in [-0.4, -0.2) is 73.0 Å². The summed E-state index contributed by atoms with van der Waals surface area (Å²) >= 11 is 7.33. The minimum absolute atomic E-state index is 0. The van der Waals surface area contributed by atoms with Crippen molar-refractivity contribution in [1.82, 2.24) is 15.1 Å². The lowest BCUT2D eigenvalue weighted by Gasteiger charge is -2.56. The van der Waals surface area contributed by atoms with E-state index in [1.54, 1.807) is 14.2 Å². The van der Waals surface area contributed by atoms with E-state index in [1.807, 2.05) is 29.2 Å². The molecular formula is C33H42ClN3O4S2. The molecule has 7 nitrogen and oxygen atoms in total. The van der Waals surface area contributed by atoms with E-state index in [1.165, 1.54) is 43.9 Å². The van der Waals surface area contributed by atoms with Crippen LogP contribution in [0.3, 0.4) is 0 Å². The number of benzene rings is 1. The van der Waals surface area contributed by atoms with Crippen LogP contribution in [0.5, 0.6) is 11.5 Å². The lowest BCUT2D eigenvalue weighted by atomic mass is 9.54. The second-order valence-electron chi connectivity index (χ2n) is 12.8. The zero-order chi connectivity index (χ0) is 28.8. The number of ether oxygens (including phenoxy) is 2. The molecule has 4 saturated carbocycles. The van der Waals surface area contributed by atoms with Crippen molar-refractivity contribution in [3.63, 3.8) is 0 Å². The third-order valence-corrected chi connectivity index (χ3v) is 11.5. The number of carbonyl (C=O) groups excluding carboxylic acids is 1. The minimum Gasteiger partial charge on any atom is -0.497 e. The second kappa shape index (κ2) is 13.1. The molecule has 0 atom stereocenters. The van der Waals surface area contributed by atoms with E-state index in [0.717, 1.165) is 80.0 Å². The number of halogens is 1. The first kappa shape index (κ1) is 31.0.